The minimum Gasteiger partial charge on any atom is -0.374 e. The number of morpholine rings is 1. The molecule has 0 saturated carbocycles. The Kier molecular flexibility index (Phi) is 5.01. The van der Waals surface area contributed by atoms with Crippen LogP contribution in [0.3, 0.4) is 0 Å². The van der Waals surface area contributed by atoms with Crippen LogP contribution in [-0.4, -0.2) is 74.4 Å². The average Bonchev–Trinajstić information content (AvgIpc) is 2.31. The van der Waals surface area contributed by atoms with Gasteiger partial charge in [0.25, 0.3) is 0 Å². The maximum absolute atomic E-state index is 5.89. The van der Waals surface area contributed by atoms with E-state index >= 15 is 0 Å². The highest BCUT2D eigenvalue weighted by molar-refractivity contribution is 4.87. The fourth-order valence-corrected chi connectivity index (χ4v) is 2.89. The number of piperazine rings is 1. The summed E-state index contributed by atoms with van der Waals surface area (Å²) in [7, 11) is 2.19. The zero-order chi connectivity index (χ0) is 13.1. The Morgan fingerprint density at radius 1 is 1.33 bits per heavy atom. The van der Waals surface area contributed by atoms with Gasteiger partial charge in [-0.05, 0) is 19.9 Å². The van der Waals surface area contributed by atoms with Crippen LogP contribution in [0.5, 0.6) is 0 Å². The first-order valence-electron chi connectivity index (χ1n) is 7.34. The van der Waals surface area contributed by atoms with Gasteiger partial charge in [-0.2, -0.15) is 0 Å². The molecule has 2 rings (SSSR count). The Balaban J connectivity index is 1.86. The van der Waals surface area contributed by atoms with Crippen LogP contribution in [0.4, 0.5) is 0 Å². The van der Waals surface area contributed by atoms with Gasteiger partial charge in [-0.15, -0.1) is 0 Å². The monoisotopic (exact) mass is 255 g/mol. The Labute approximate surface area is 112 Å². The van der Waals surface area contributed by atoms with Gasteiger partial charge in [-0.1, -0.05) is 13.8 Å². The van der Waals surface area contributed by atoms with E-state index in [9.17, 15) is 0 Å². The Bertz CT molecular complexity index is 259. The normalized spacial score (nSPS) is 36.2. The molecule has 106 valence electrons. The summed E-state index contributed by atoms with van der Waals surface area (Å²) in [5.41, 5.74) is 0. The molecule has 2 fully saturated rings. The fourth-order valence-electron chi connectivity index (χ4n) is 2.89. The van der Waals surface area contributed by atoms with Gasteiger partial charge >= 0.3 is 0 Å². The smallest absolute Gasteiger partial charge is 0.0829 e. The summed E-state index contributed by atoms with van der Waals surface area (Å²) in [5, 5.41) is 3.65. The van der Waals surface area contributed by atoms with E-state index in [4.69, 9.17) is 4.74 Å². The van der Waals surface area contributed by atoms with Gasteiger partial charge in [0.05, 0.1) is 12.7 Å². The van der Waals surface area contributed by atoms with Crippen molar-refractivity contribution < 1.29 is 4.74 Å². The molecule has 2 aliphatic rings. The van der Waals surface area contributed by atoms with E-state index in [1.807, 2.05) is 0 Å². The fraction of sp³-hybridized carbons (Fsp3) is 1.00. The second-order valence-corrected chi connectivity index (χ2v) is 6.32. The lowest BCUT2D eigenvalue weighted by molar-refractivity contribution is -0.0463. The van der Waals surface area contributed by atoms with Crippen LogP contribution >= 0.6 is 0 Å². The van der Waals surface area contributed by atoms with E-state index in [0.717, 1.165) is 39.3 Å². The van der Waals surface area contributed by atoms with Gasteiger partial charge in [0.15, 0.2) is 0 Å². The molecule has 4 nitrogen and oxygen atoms in total. The third-order valence-corrected chi connectivity index (χ3v) is 4.31. The number of ether oxygens (including phenoxy) is 1. The molecule has 3 atom stereocenters. The molecule has 0 bridgehead atoms. The van der Waals surface area contributed by atoms with Crippen molar-refractivity contribution in [3.8, 4) is 0 Å². The third-order valence-electron chi connectivity index (χ3n) is 4.31. The second kappa shape index (κ2) is 6.33. The van der Waals surface area contributed by atoms with Gasteiger partial charge in [0.2, 0.25) is 0 Å². The highest BCUT2D eigenvalue weighted by Gasteiger charge is 2.29. The number of hydrogen-bond donors (Lipinski definition) is 1. The first kappa shape index (κ1) is 14.3. The van der Waals surface area contributed by atoms with E-state index < -0.39 is 0 Å². The Hall–Kier alpha value is -0.160. The van der Waals surface area contributed by atoms with Gasteiger partial charge in [-0.3, -0.25) is 4.90 Å². The van der Waals surface area contributed by atoms with E-state index in [-0.39, 0.29) is 0 Å². The van der Waals surface area contributed by atoms with Crippen molar-refractivity contribution >= 4 is 0 Å². The van der Waals surface area contributed by atoms with Crippen LogP contribution in [0, 0.1) is 5.92 Å². The molecule has 3 unspecified atom stereocenters. The quantitative estimate of drug-likeness (QED) is 0.801. The standard InChI is InChI=1S/C14H29N3O/c1-11(2)14-10-17(12(3)7-15-14)9-13-8-16(4)5-6-18-13/h11-15H,5-10H2,1-4H3. The van der Waals surface area contributed by atoms with Gasteiger partial charge in [0, 0.05) is 44.8 Å². The Morgan fingerprint density at radius 2 is 2.11 bits per heavy atom. The van der Waals surface area contributed by atoms with Crippen LogP contribution in [0.25, 0.3) is 0 Å². The van der Waals surface area contributed by atoms with Crippen LogP contribution < -0.4 is 5.32 Å². The second-order valence-electron chi connectivity index (χ2n) is 6.32. The number of rotatable bonds is 3. The van der Waals surface area contributed by atoms with Gasteiger partial charge in [-0.25, -0.2) is 0 Å². The minimum atomic E-state index is 0.386. The van der Waals surface area contributed by atoms with Gasteiger partial charge < -0.3 is 15.0 Å². The van der Waals surface area contributed by atoms with Crippen molar-refractivity contribution in [2.24, 2.45) is 5.92 Å². The lowest BCUT2D eigenvalue weighted by atomic mass is 9.99. The maximum Gasteiger partial charge on any atom is 0.0829 e. The largest absolute Gasteiger partial charge is 0.374 e. The molecule has 18 heavy (non-hydrogen) atoms. The van der Waals surface area contributed by atoms with Crippen molar-refractivity contribution in [1.82, 2.24) is 15.1 Å². The summed E-state index contributed by atoms with van der Waals surface area (Å²) in [6.07, 6.45) is 0.386. The van der Waals surface area contributed by atoms with E-state index in [2.05, 4.69) is 42.9 Å². The van der Waals surface area contributed by atoms with Gasteiger partial charge in [0.1, 0.15) is 0 Å². The minimum absolute atomic E-state index is 0.386. The van der Waals surface area contributed by atoms with Crippen molar-refractivity contribution in [1.29, 1.82) is 0 Å². The van der Waals surface area contributed by atoms with E-state index in [0.29, 0.717) is 24.1 Å². The van der Waals surface area contributed by atoms with Crippen molar-refractivity contribution in [3.05, 3.63) is 0 Å². The predicted octanol–water partition coefficient (Wildman–Crippen LogP) is 0.635. The molecule has 2 heterocycles. The molecular weight excluding hydrogens is 226 g/mol. The molecule has 0 aromatic rings. The summed E-state index contributed by atoms with van der Waals surface area (Å²) in [5.74, 6) is 0.704. The summed E-state index contributed by atoms with van der Waals surface area (Å²) in [4.78, 5) is 4.98. The Morgan fingerprint density at radius 3 is 2.78 bits per heavy atom. The molecule has 1 N–H and O–H groups in total. The highest BCUT2D eigenvalue weighted by Crippen LogP contribution is 2.15. The van der Waals surface area contributed by atoms with Crippen LogP contribution in [-0.2, 0) is 4.74 Å². The molecule has 2 saturated heterocycles. The zero-order valence-electron chi connectivity index (χ0n) is 12.4. The lowest BCUT2D eigenvalue weighted by Gasteiger charge is -2.43. The molecular formula is C14H29N3O. The maximum atomic E-state index is 5.89. The first-order chi connectivity index (χ1) is 8.56. The highest BCUT2D eigenvalue weighted by atomic mass is 16.5. The summed E-state index contributed by atoms with van der Waals surface area (Å²) in [6.45, 7) is 13.3. The molecule has 0 radical (unpaired) electrons. The van der Waals surface area contributed by atoms with Crippen LogP contribution in [0.2, 0.25) is 0 Å². The molecule has 0 amide bonds. The number of nitrogens with zero attached hydrogens (tertiary/aromatic N) is 2. The predicted molar refractivity (Wildman–Crippen MR) is 74.9 cm³/mol. The zero-order valence-corrected chi connectivity index (χ0v) is 12.4. The van der Waals surface area contributed by atoms with Crippen LogP contribution in [0.15, 0.2) is 0 Å². The number of hydrogen-bond acceptors (Lipinski definition) is 4. The topological polar surface area (TPSA) is 27.7 Å². The van der Waals surface area contributed by atoms with Crippen LogP contribution in [0.1, 0.15) is 20.8 Å². The van der Waals surface area contributed by atoms with Crippen molar-refractivity contribution in [3.63, 3.8) is 0 Å². The third kappa shape index (κ3) is 3.67. The number of likely N-dealkylation sites (N-methyl/N-ethyl adjacent to an activating group) is 1. The van der Waals surface area contributed by atoms with E-state index in [1.165, 1.54) is 0 Å². The number of nitrogens with one attached hydrogen (secondary N) is 1. The molecule has 0 aromatic heterocycles. The molecule has 0 aliphatic carbocycles. The first-order valence-corrected chi connectivity index (χ1v) is 7.34. The summed E-state index contributed by atoms with van der Waals surface area (Å²) < 4.78 is 5.89. The summed E-state index contributed by atoms with van der Waals surface area (Å²) in [6, 6.07) is 1.25. The summed E-state index contributed by atoms with van der Waals surface area (Å²) >= 11 is 0. The van der Waals surface area contributed by atoms with Crippen molar-refractivity contribution in [2.75, 3.05) is 46.4 Å². The molecule has 2 aliphatic heterocycles. The molecule has 0 aromatic carbocycles. The average molecular weight is 255 g/mol. The van der Waals surface area contributed by atoms with Crippen molar-refractivity contribution in [2.45, 2.75) is 39.0 Å². The molecule has 4 heteroatoms. The molecule has 0 spiro atoms. The SMILES string of the molecule is CC(C)C1CN(CC2CN(C)CCO2)C(C)CN1. The van der Waals surface area contributed by atoms with E-state index in [1.54, 1.807) is 0 Å². The lowest BCUT2D eigenvalue weighted by Crippen LogP contribution is -2.59.